The number of carbonyl (C=O) groups excluding carboxylic acids is 2. The number of benzene rings is 2. The van der Waals surface area contributed by atoms with Crippen LogP contribution in [0, 0.1) is 0 Å². The normalized spacial score (nSPS) is 10.4. The molecule has 0 spiro atoms. The van der Waals surface area contributed by atoms with Gasteiger partial charge in [-0.2, -0.15) is 0 Å². The van der Waals surface area contributed by atoms with Gasteiger partial charge >= 0.3 is 5.97 Å². The minimum atomic E-state index is -0.335. The number of esters is 1. The van der Waals surface area contributed by atoms with Gasteiger partial charge in [0.2, 0.25) is 0 Å². The molecule has 0 atom stereocenters. The molecule has 0 radical (unpaired) electrons. The molecule has 0 aliphatic rings. The lowest BCUT2D eigenvalue weighted by molar-refractivity contribution is -0.142. The predicted octanol–water partition coefficient (Wildman–Crippen LogP) is 2.60. The Morgan fingerprint density at radius 3 is 2.36 bits per heavy atom. The highest BCUT2D eigenvalue weighted by atomic mass is 16.5. The summed E-state index contributed by atoms with van der Waals surface area (Å²) in [6, 6.07) is 16.2. The monoisotopic (exact) mass is 335 g/mol. The molecule has 25 heavy (non-hydrogen) atoms. The fraction of sp³-hybridized carbons (Fsp3) is 0.158. The molecule has 0 fully saturated rings. The second-order valence-corrected chi connectivity index (χ2v) is 5.38. The minimum Gasteiger partial charge on any atom is -0.466 e. The average molecular weight is 335 g/mol. The van der Waals surface area contributed by atoms with Gasteiger partial charge < -0.3 is 4.74 Å². The number of hydrogen-bond acceptors (Lipinski definition) is 5. The van der Waals surface area contributed by atoms with Crippen molar-refractivity contribution < 1.29 is 14.3 Å². The lowest BCUT2D eigenvalue weighted by Crippen LogP contribution is -2.07. The molecule has 0 aliphatic heterocycles. The summed E-state index contributed by atoms with van der Waals surface area (Å²) < 4.78 is 6.45. The van der Waals surface area contributed by atoms with Gasteiger partial charge in [0, 0.05) is 11.1 Å². The smallest absolute Gasteiger partial charge is 0.311 e. The van der Waals surface area contributed by atoms with Crippen LogP contribution in [0.3, 0.4) is 0 Å². The summed E-state index contributed by atoms with van der Waals surface area (Å²) in [5, 5.41) is 7.97. The average Bonchev–Trinajstić information content (AvgIpc) is 3.10. The van der Waals surface area contributed by atoms with Crippen LogP contribution in [0.1, 0.15) is 28.5 Å². The van der Waals surface area contributed by atoms with Gasteiger partial charge in [0.05, 0.1) is 30.6 Å². The van der Waals surface area contributed by atoms with Gasteiger partial charge in [-0.15, -0.1) is 5.10 Å². The van der Waals surface area contributed by atoms with E-state index in [4.69, 9.17) is 4.74 Å². The molecule has 0 bridgehead atoms. The van der Waals surface area contributed by atoms with Gasteiger partial charge in [-0.1, -0.05) is 35.5 Å². The van der Waals surface area contributed by atoms with Gasteiger partial charge in [-0.25, -0.2) is 4.68 Å². The minimum absolute atomic E-state index is 0.0336. The number of carbonyl (C=O) groups is 2. The molecule has 2 aromatic carbocycles. The van der Waals surface area contributed by atoms with E-state index >= 15 is 0 Å². The first-order valence-electron chi connectivity index (χ1n) is 7.94. The molecule has 6 nitrogen and oxygen atoms in total. The molecule has 1 aromatic heterocycles. The highest BCUT2D eigenvalue weighted by Gasteiger charge is 2.11. The maximum absolute atomic E-state index is 12.4. The molecule has 1 heterocycles. The Balaban J connectivity index is 1.73. The van der Waals surface area contributed by atoms with Crippen LogP contribution < -0.4 is 0 Å². The SMILES string of the molecule is CCOC(=O)Cc1cn(-c2ccc(C(=O)c3ccccc3)cc2)nn1. The van der Waals surface area contributed by atoms with Gasteiger partial charge in [-0.3, -0.25) is 9.59 Å². The topological polar surface area (TPSA) is 74.1 Å². The first kappa shape index (κ1) is 16.6. The van der Waals surface area contributed by atoms with Crippen LogP contribution in [0.4, 0.5) is 0 Å². The summed E-state index contributed by atoms with van der Waals surface area (Å²) in [7, 11) is 0. The summed E-state index contributed by atoms with van der Waals surface area (Å²) >= 11 is 0. The van der Waals surface area contributed by atoms with Crippen molar-refractivity contribution in [2.75, 3.05) is 6.61 Å². The number of ketones is 1. The standard InChI is InChI=1S/C19H17N3O3/c1-2-25-18(23)12-16-13-22(21-20-16)17-10-8-15(9-11-17)19(24)14-6-4-3-5-7-14/h3-11,13H,2,12H2,1H3. The van der Waals surface area contributed by atoms with E-state index in [1.54, 1.807) is 54.2 Å². The first-order chi connectivity index (χ1) is 12.2. The van der Waals surface area contributed by atoms with Crippen LogP contribution in [0.15, 0.2) is 60.8 Å². The molecule has 0 unspecified atom stereocenters. The Bertz CT molecular complexity index is 870. The number of nitrogens with zero attached hydrogens (tertiary/aromatic N) is 3. The second-order valence-electron chi connectivity index (χ2n) is 5.38. The Morgan fingerprint density at radius 2 is 1.68 bits per heavy atom. The molecular formula is C19H17N3O3. The zero-order valence-electron chi connectivity index (χ0n) is 13.8. The Kier molecular flexibility index (Phi) is 4.99. The first-order valence-corrected chi connectivity index (χ1v) is 7.94. The van der Waals surface area contributed by atoms with E-state index in [2.05, 4.69) is 10.3 Å². The summed E-state index contributed by atoms with van der Waals surface area (Å²) in [4.78, 5) is 23.9. The van der Waals surface area contributed by atoms with Crippen LogP contribution in [-0.4, -0.2) is 33.4 Å². The molecular weight excluding hydrogens is 318 g/mol. The van der Waals surface area contributed by atoms with Crippen molar-refractivity contribution in [1.82, 2.24) is 15.0 Å². The summed E-state index contributed by atoms with van der Waals surface area (Å²) in [5.74, 6) is -0.368. The molecule has 0 amide bonds. The maximum atomic E-state index is 12.4. The fourth-order valence-corrected chi connectivity index (χ4v) is 2.39. The lowest BCUT2D eigenvalue weighted by atomic mass is 10.0. The van der Waals surface area contributed by atoms with Gasteiger partial charge in [0.15, 0.2) is 5.78 Å². The van der Waals surface area contributed by atoms with Crippen molar-refractivity contribution in [2.24, 2.45) is 0 Å². The molecule has 3 aromatic rings. The zero-order valence-corrected chi connectivity index (χ0v) is 13.8. The van der Waals surface area contributed by atoms with E-state index in [1.807, 2.05) is 18.2 Å². The van der Waals surface area contributed by atoms with E-state index in [0.717, 1.165) is 5.69 Å². The van der Waals surface area contributed by atoms with Crippen molar-refractivity contribution >= 4 is 11.8 Å². The zero-order chi connectivity index (χ0) is 17.6. The van der Waals surface area contributed by atoms with Crippen molar-refractivity contribution in [3.05, 3.63) is 77.6 Å². The fourth-order valence-electron chi connectivity index (χ4n) is 2.39. The third-order valence-electron chi connectivity index (χ3n) is 3.60. The molecule has 3 rings (SSSR count). The van der Waals surface area contributed by atoms with E-state index in [0.29, 0.717) is 23.4 Å². The molecule has 6 heteroatoms. The van der Waals surface area contributed by atoms with Gasteiger partial charge in [0.25, 0.3) is 0 Å². The summed E-state index contributed by atoms with van der Waals surface area (Å²) in [6.07, 6.45) is 1.75. The van der Waals surface area contributed by atoms with Gasteiger partial charge in [-0.05, 0) is 31.2 Å². The molecule has 0 saturated heterocycles. The van der Waals surface area contributed by atoms with Crippen LogP contribution in [-0.2, 0) is 16.0 Å². The lowest BCUT2D eigenvalue weighted by Gasteiger charge is -2.03. The number of hydrogen-bond donors (Lipinski definition) is 0. The van der Waals surface area contributed by atoms with Gasteiger partial charge in [0.1, 0.15) is 0 Å². The van der Waals surface area contributed by atoms with E-state index in [9.17, 15) is 9.59 Å². The third-order valence-corrected chi connectivity index (χ3v) is 3.60. The van der Waals surface area contributed by atoms with Crippen LogP contribution in [0.25, 0.3) is 5.69 Å². The highest BCUT2D eigenvalue weighted by molar-refractivity contribution is 6.09. The van der Waals surface area contributed by atoms with Crippen LogP contribution >= 0.6 is 0 Å². The largest absolute Gasteiger partial charge is 0.466 e. The van der Waals surface area contributed by atoms with Crippen molar-refractivity contribution in [3.63, 3.8) is 0 Å². The molecule has 0 N–H and O–H groups in total. The van der Waals surface area contributed by atoms with Crippen molar-refractivity contribution in [3.8, 4) is 5.69 Å². The third kappa shape index (κ3) is 3.98. The van der Waals surface area contributed by atoms with E-state index < -0.39 is 0 Å². The Hall–Kier alpha value is -3.28. The summed E-state index contributed by atoms with van der Waals surface area (Å²) in [5.41, 5.74) is 2.53. The van der Waals surface area contributed by atoms with Crippen molar-refractivity contribution in [1.29, 1.82) is 0 Å². The Morgan fingerprint density at radius 1 is 1.00 bits per heavy atom. The number of rotatable bonds is 6. The van der Waals surface area contributed by atoms with Crippen molar-refractivity contribution in [2.45, 2.75) is 13.3 Å². The quantitative estimate of drug-likeness (QED) is 0.511. The second kappa shape index (κ2) is 7.53. The predicted molar refractivity (Wildman–Crippen MR) is 91.6 cm³/mol. The maximum Gasteiger partial charge on any atom is 0.311 e. The van der Waals surface area contributed by atoms with Crippen LogP contribution in [0.5, 0.6) is 0 Å². The number of aromatic nitrogens is 3. The number of ether oxygens (including phenoxy) is 1. The summed E-state index contributed by atoms with van der Waals surface area (Å²) in [6.45, 7) is 2.09. The Labute approximate surface area is 145 Å². The van der Waals surface area contributed by atoms with Crippen LogP contribution in [0.2, 0.25) is 0 Å². The molecule has 0 saturated carbocycles. The molecule has 126 valence electrons. The van der Waals surface area contributed by atoms with E-state index in [1.165, 1.54) is 0 Å². The van der Waals surface area contributed by atoms with E-state index in [-0.39, 0.29) is 18.2 Å². The highest BCUT2D eigenvalue weighted by Crippen LogP contribution is 2.13. The molecule has 0 aliphatic carbocycles.